The third-order valence-electron chi connectivity index (χ3n) is 4.61. The molecule has 2 aliphatic heterocycles. The van der Waals surface area contributed by atoms with E-state index < -0.39 is 0 Å². The number of nitrogens with zero attached hydrogens (tertiary/aromatic N) is 3. The van der Waals surface area contributed by atoms with Crippen LogP contribution in [0.1, 0.15) is 51.3 Å². The van der Waals surface area contributed by atoms with Crippen molar-refractivity contribution in [1.29, 1.82) is 0 Å². The van der Waals surface area contributed by atoms with Gasteiger partial charge in [-0.25, -0.2) is 0 Å². The SMILES string of the molecule is CCCC(C)c1nc(N2CCCC3CNCC32)n[nH]1. The molecule has 19 heavy (non-hydrogen) atoms. The van der Waals surface area contributed by atoms with Crippen LogP contribution in [0.4, 0.5) is 5.95 Å². The van der Waals surface area contributed by atoms with Gasteiger partial charge >= 0.3 is 0 Å². The van der Waals surface area contributed by atoms with Gasteiger partial charge in [0.2, 0.25) is 5.95 Å². The van der Waals surface area contributed by atoms with Gasteiger partial charge in [0.1, 0.15) is 5.82 Å². The summed E-state index contributed by atoms with van der Waals surface area (Å²) in [4.78, 5) is 7.15. The minimum atomic E-state index is 0.480. The molecule has 3 unspecified atom stereocenters. The van der Waals surface area contributed by atoms with E-state index >= 15 is 0 Å². The number of rotatable bonds is 4. The van der Waals surface area contributed by atoms with Crippen molar-refractivity contribution in [2.75, 3.05) is 24.5 Å². The topological polar surface area (TPSA) is 56.8 Å². The van der Waals surface area contributed by atoms with E-state index in [1.54, 1.807) is 0 Å². The Balaban J connectivity index is 1.74. The van der Waals surface area contributed by atoms with Gasteiger partial charge in [-0.2, -0.15) is 4.98 Å². The molecule has 2 fully saturated rings. The van der Waals surface area contributed by atoms with Gasteiger partial charge in [-0.05, 0) is 25.2 Å². The van der Waals surface area contributed by atoms with Crippen LogP contribution in [0.15, 0.2) is 0 Å². The molecule has 0 aliphatic carbocycles. The van der Waals surface area contributed by atoms with Gasteiger partial charge < -0.3 is 10.2 Å². The smallest absolute Gasteiger partial charge is 0.245 e. The van der Waals surface area contributed by atoms with Crippen LogP contribution in [0, 0.1) is 5.92 Å². The van der Waals surface area contributed by atoms with E-state index in [9.17, 15) is 0 Å². The minimum Gasteiger partial charge on any atom is -0.335 e. The molecule has 3 rings (SSSR count). The van der Waals surface area contributed by atoms with Crippen molar-refractivity contribution in [3.05, 3.63) is 5.82 Å². The molecule has 5 nitrogen and oxygen atoms in total. The number of piperidine rings is 1. The Hall–Kier alpha value is -1.10. The highest BCUT2D eigenvalue weighted by molar-refractivity contribution is 5.33. The Kier molecular flexibility index (Phi) is 3.73. The molecule has 0 saturated carbocycles. The number of fused-ring (bicyclic) bond motifs is 1. The Morgan fingerprint density at radius 1 is 1.42 bits per heavy atom. The summed E-state index contributed by atoms with van der Waals surface area (Å²) in [6, 6.07) is 0.596. The fourth-order valence-corrected chi connectivity index (χ4v) is 3.50. The zero-order valence-corrected chi connectivity index (χ0v) is 12.0. The normalized spacial score (nSPS) is 28.4. The van der Waals surface area contributed by atoms with E-state index in [1.165, 1.54) is 25.7 Å². The highest BCUT2D eigenvalue weighted by atomic mass is 15.4. The molecule has 2 N–H and O–H groups in total. The fraction of sp³-hybridized carbons (Fsp3) is 0.857. The van der Waals surface area contributed by atoms with E-state index in [1.807, 2.05) is 0 Å². The molecule has 2 saturated heterocycles. The molecule has 1 aromatic rings. The van der Waals surface area contributed by atoms with Crippen molar-refractivity contribution < 1.29 is 0 Å². The predicted octanol–water partition coefficient (Wildman–Crippen LogP) is 1.90. The molecular weight excluding hydrogens is 238 g/mol. The zero-order chi connectivity index (χ0) is 13.2. The minimum absolute atomic E-state index is 0.480. The monoisotopic (exact) mass is 263 g/mol. The highest BCUT2D eigenvalue weighted by Crippen LogP contribution is 2.29. The van der Waals surface area contributed by atoms with Crippen LogP contribution in [0.5, 0.6) is 0 Å². The highest BCUT2D eigenvalue weighted by Gasteiger charge is 2.36. The second-order valence-corrected chi connectivity index (χ2v) is 6.03. The Morgan fingerprint density at radius 2 is 2.32 bits per heavy atom. The number of hydrogen-bond donors (Lipinski definition) is 2. The van der Waals surface area contributed by atoms with Crippen molar-refractivity contribution in [2.45, 2.75) is 51.5 Å². The first-order chi connectivity index (χ1) is 9.29. The third-order valence-corrected chi connectivity index (χ3v) is 4.61. The Bertz CT molecular complexity index is 416. The molecule has 5 heteroatoms. The molecule has 2 aliphatic rings. The fourth-order valence-electron chi connectivity index (χ4n) is 3.50. The molecule has 3 heterocycles. The van der Waals surface area contributed by atoms with Gasteiger partial charge in [0, 0.05) is 31.6 Å². The van der Waals surface area contributed by atoms with Gasteiger partial charge in [-0.1, -0.05) is 20.3 Å². The Morgan fingerprint density at radius 3 is 3.16 bits per heavy atom. The van der Waals surface area contributed by atoms with E-state index in [0.29, 0.717) is 12.0 Å². The van der Waals surface area contributed by atoms with E-state index in [2.05, 4.69) is 34.3 Å². The van der Waals surface area contributed by atoms with E-state index in [0.717, 1.165) is 37.3 Å². The molecular formula is C14H25N5. The average Bonchev–Trinajstić information content (AvgIpc) is 3.07. The summed E-state index contributed by atoms with van der Waals surface area (Å²) in [5.74, 6) is 3.22. The maximum Gasteiger partial charge on any atom is 0.245 e. The lowest BCUT2D eigenvalue weighted by Crippen LogP contribution is -2.45. The molecule has 0 bridgehead atoms. The van der Waals surface area contributed by atoms with Crippen LogP contribution in [0.3, 0.4) is 0 Å². The molecule has 0 radical (unpaired) electrons. The molecule has 0 aromatic carbocycles. The lowest BCUT2D eigenvalue weighted by molar-refractivity contribution is 0.381. The van der Waals surface area contributed by atoms with Crippen molar-refractivity contribution in [2.24, 2.45) is 5.92 Å². The van der Waals surface area contributed by atoms with Crippen molar-refractivity contribution in [3.63, 3.8) is 0 Å². The first kappa shape index (κ1) is 12.9. The van der Waals surface area contributed by atoms with Crippen LogP contribution in [0.2, 0.25) is 0 Å². The van der Waals surface area contributed by atoms with Crippen LogP contribution in [0.25, 0.3) is 0 Å². The summed E-state index contributed by atoms with van der Waals surface area (Å²) < 4.78 is 0. The number of anilines is 1. The van der Waals surface area contributed by atoms with Crippen LogP contribution in [-0.2, 0) is 0 Å². The number of aromatic nitrogens is 3. The first-order valence-corrected chi connectivity index (χ1v) is 7.69. The van der Waals surface area contributed by atoms with Gasteiger partial charge in [-0.15, -0.1) is 5.10 Å². The van der Waals surface area contributed by atoms with Crippen LogP contribution in [-0.4, -0.2) is 40.9 Å². The molecule has 106 valence electrons. The van der Waals surface area contributed by atoms with Gasteiger partial charge in [0.15, 0.2) is 0 Å². The maximum absolute atomic E-state index is 4.74. The number of nitrogens with one attached hydrogen (secondary N) is 2. The van der Waals surface area contributed by atoms with Crippen molar-refractivity contribution >= 4 is 5.95 Å². The largest absolute Gasteiger partial charge is 0.335 e. The lowest BCUT2D eigenvalue weighted by atomic mass is 9.92. The van der Waals surface area contributed by atoms with Gasteiger partial charge in [0.25, 0.3) is 0 Å². The zero-order valence-electron chi connectivity index (χ0n) is 12.0. The second-order valence-electron chi connectivity index (χ2n) is 6.03. The average molecular weight is 263 g/mol. The summed E-state index contributed by atoms with van der Waals surface area (Å²) in [6.45, 7) is 7.78. The van der Waals surface area contributed by atoms with Gasteiger partial charge in [-0.3, -0.25) is 5.10 Å². The van der Waals surface area contributed by atoms with Crippen molar-refractivity contribution in [3.8, 4) is 0 Å². The number of hydrogen-bond acceptors (Lipinski definition) is 4. The second kappa shape index (κ2) is 5.49. The van der Waals surface area contributed by atoms with Gasteiger partial charge in [0.05, 0.1) is 0 Å². The molecule has 1 aromatic heterocycles. The van der Waals surface area contributed by atoms with E-state index in [-0.39, 0.29) is 0 Å². The molecule has 3 atom stereocenters. The number of H-pyrrole nitrogens is 1. The molecule has 0 amide bonds. The van der Waals surface area contributed by atoms with Crippen LogP contribution >= 0.6 is 0 Å². The summed E-state index contributed by atoms with van der Waals surface area (Å²) in [5.41, 5.74) is 0. The lowest BCUT2D eigenvalue weighted by Gasteiger charge is -2.36. The number of aromatic amines is 1. The van der Waals surface area contributed by atoms with E-state index in [4.69, 9.17) is 4.98 Å². The van der Waals surface area contributed by atoms with Crippen LogP contribution < -0.4 is 10.2 Å². The summed E-state index contributed by atoms with van der Waals surface area (Å²) >= 11 is 0. The summed E-state index contributed by atoms with van der Waals surface area (Å²) in [5, 5.41) is 11.1. The van der Waals surface area contributed by atoms with Crippen molar-refractivity contribution in [1.82, 2.24) is 20.5 Å². The predicted molar refractivity (Wildman–Crippen MR) is 76.4 cm³/mol. The quantitative estimate of drug-likeness (QED) is 0.871. The summed E-state index contributed by atoms with van der Waals surface area (Å²) in [7, 11) is 0. The standard InChI is InChI=1S/C14H25N5/c1-3-5-10(2)13-16-14(18-17-13)19-7-4-6-11-8-15-9-12(11)19/h10-12,15H,3-9H2,1-2H3,(H,16,17,18). The maximum atomic E-state index is 4.74. The summed E-state index contributed by atoms with van der Waals surface area (Å²) in [6.07, 6.45) is 4.96. The Labute approximate surface area is 115 Å². The first-order valence-electron chi connectivity index (χ1n) is 7.69. The third kappa shape index (κ3) is 2.48. The molecule has 0 spiro atoms.